The number of carbonyl (C=O) groups is 2. The number of thiazole rings is 1. The third kappa shape index (κ3) is 6.35. The van der Waals surface area contributed by atoms with Crippen LogP contribution in [-0.2, 0) is 11.2 Å². The minimum atomic E-state index is -0.404. The Bertz CT molecular complexity index is 1040. The molecule has 0 saturated heterocycles. The Balaban J connectivity index is 1.46. The second-order valence-electron chi connectivity index (χ2n) is 6.13. The maximum atomic E-state index is 12.1. The summed E-state index contributed by atoms with van der Waals surface area (Å²) in [6.45, 7) is 0. The quantitative estimate of drug-likeness (QED) is 0.419. The smallest absolute Gasteiger partial charge is 0.325 e. The number of urea groups is 1. The van der Waals surface area contributed by atoms with Gasteiger partial charge in [-0.15, -0.1) is 11.3 Å². The number of aryl methyl sites for hydroxylation is 1. The van der Waals surface area contributed by atoms with Gasteiger partial charge in [-0.1, -0.05) is 23.2 Å². The molecule has 10 heteroatoms. The normalized spacial score (nSPS) is 10.4. The summed E-state index contributed by atoms with van der Waals surface area (Å²) in [6, 6.07) is 11.5. The van der Waals surface area contributed by atoms with E-state index in [1.807, 2.05) is 0 Å². The van der Waals surface area contributed by atoms with Gasteiger partial charge in [-0.3, -0.25) is 10.1 Å². The molecule has 156 valence electrons. The molecule has 0 atom stereocenters. The summed E-state index contributed by atoms with van der Waals surface area (Å²) in [6.07, 6.45) is 0.674. The van der Waals surface area contributed by atoms with E-state index in [0.29, 0.717) is 44.4 Å². The van der Waals surface area contributed by atoms with Gasteiger partial charge >= 0.3 is 6.03 Å². The highest BCUT2D eigenvalue weighted by molar-refractivity contribution is 7.13. The van der Waals surface area contributed by atoms with E-state index in [1.165, 1.54) is 11.3 Å². The molecule has 0 aliphatic carbocycles. The van der Waals surface area contributed by atoms with E-state index in [4.69, 9.17) is 27.9 Å². The van der Waals surface area contributed by atoms with Crippen LogP contribution in [0, 0.1) is 0 Å². The largest absolute Gasteiger partial charge is 0.497 e. The first-order valence-corrected chi connectivity index (χ1v) is 10.5. The van der Waals surface area contributed by atoms with Gasteiger partial charge in [0.25, 0.3) is 0 Å². The van der Waals surface area contributed by atoms with Crippen LogP contribution in [0.25, 0.3) is 0 Å². The van der Waals surface area contributed by atoms with Crippen LogP contribution in [0.3, 0.4) is 0 Å². The number of halogens is 2. The summed E-state index contributed by atoms with van der Waals surface area (Å²) in [4.78, 5) is 28.5. The van der Waals surface area contributed by atoms with Crippen LogP contribution in [0.4, 0.5) is 21.3 Å². The number of rotatable bonds is 7. The van der Waals surface area contributed by atoms with Gasteiger partial charge in [0.2, 0.25) is 5.91 Å². The van der Waals surface area contributed by atoms with E-state index in [9.17, 15) is 9.59 Å². The van der Waals surface area contributed by atoms with Crippen LogP contribution in [0.2, 0.25) is 10.0 Å². The molecule has 1 heterocycles. The van der Waals surface area contributed by atoms with Gasteiger partial charge in [-0.25, -0.2) is 9.78 Å². The van der Waals surface area contributed by atoms with Gasteiger partial charge in [-0.05, 0) is 48.9 Å². The molecular formula is C20H18Cl2N4O3S. The van der Waals surface area contributed by atoms with E-state index in [-0.39, 0.29) is 12.3 Å². The Kier molecular flexibility index (Phi) is 7.51. The Morgan fingerprint density at radius 1 is 1.00 bits per heavy atom. The van der Waals surface area contributed by atoms with Crippen molar-refractivity contribution in [3.05, 3.63) is 63.6 Å². The number of anilines is 3. The van der Waals surface area contributed by atoms with Crippen molar-refractivity contribution in [1.82, 2.24) is 4.98 Å². The zero-order valence-electron chi connectivity index (χ0n) is 15.9. The summed E-state index contributed by atoms with van der Waals surface area (Å²) < 4.78 is 5.08. The third-order valence-electron chi connectivity index (χ3n) is 3.93. The van der Waals surface area contributed by atoms with Gasteiger partial charge in [0.1, 0.15) is 5.75 Å². The lowest BCUT2D eigenvalue weighted by atomic mass is 10.2. The van der Waals surface area contributed by atoms with Crippen LogP contribution in [0.5, 0.6) is 5.75 Å². The maximum Gasteiger partial charge on any atom is 0.325 e. The molecule has 7 nitrogen and oxygen atoms in total. The summed E-state index contributed by atoms with van der Waals surface area (Å²) in [5.41, 5.74) is 1.92. The predicted octanol–water partition coefficient (Wildman–Crippen LogP) is 5.67. The topological polar surface area (TPSA) is 92.3 Å². The molecule has 3 aromatic rings. The standard InChI is InChI=1S/C20H18Cl2N4O3S/c1-29-15-6-2-12(3-7-15)24-19(28)26-20-25-14(11-30-20)5-9-18(27)23-13-4-8-16(21)17(22)10-13/h2-4,6-8,10-11H,5,9H2,1H3,(H,23,27)(H2,24,25,26,28). The van der Waals surface area contributed by atoms with Crippen molar-refractivity contribution in [2.24, 2.45) is 0 Å². The number of hydrogen-bond donors (Lipinski definition) is 3. The molecule has 0 bridgehead atoms. The number of benzene rings is 2. The first-order valence-electron chi connectivity index (χ1n) is 8.84. The van der Waals surface area contributed by atoms with E-state index < -0.39 is 6.03 Å². The van der Waals surface area contributed by atoms with Crippen molar-refractivity contribution in [3.8, 4) is 5.75 Å². The number of carbonyl (C=O) groups excluding carboxylic acids is 2. The summed E-state index contributed by atoms with van der Waals surface area (Å²) in [5.74, 6) is 0.530. The van der Waals surface area contributed by atoms with Crippen LogP contribution >= 0.6 is 34.5 Å². The Morgan fingerprint density at radius 3 is 2.43 bits per heavy atom. The number of nitrogens with one attached hydrogen (secondary N) is 3. The number of amides is 3. The minimum Gasteiger partial charge on any atom is -0.497 e. The molecule has 30 heavy (non-hydrogen) atoms. The molecule has 1 aromatic heterocycles. The summed E-state index contributed by atoms with van der Waals surface area (Å²) >= 11 is 13.1. The molecule has 3 N–H and O–H groups in total. The minimum absolute atomic E-state index is 0.173. The lowest BCUT2D eigenvalue weighted by Gasteiger charge is -2.06. The van der Waals surface area contributed by atoms with Crippen molar-refractivity contribution < 1.29 is 14.3 Å². The molecular weight excluding hydrogens is 447 g/mol. The second kappa shape index (κ2) is 10.3. The van der Waals surface area contributed by atoms with E-state index in [2.05, 4.69) is 20.9 Å². The Labute approximate surface area is 187 Å². The molecule has 0 aliphatic rings. The zero-order valence-corrected chi connectivity index (χ0v) is 18.2. The van der Waals surface area contributed by atoms with Crippen molar-refractivity contribution >= 4 is 63.0 Å². The first-order chi connectivity index (χ1) is 14.4. The van der Waals surface area contributed by atoms with Crippen molar-refractivity contribution in [3.63, 3.8) is 0 Å². The average molecular weight is 465 g/mol. The van der Waals surface area contributed by atoms with Gasteiger partial charge < -0.3 is 15.4 Å². The number of aromatic nitrogens is 1. The van der Waals surface area contributed by atoms with Gasteiger partial charge in [0.05, 0.1) is 22.8 Å². The van der Waals surface area contributed by atoms with Crippen LogP contribution in [-0.4, -0.2) is 24.0 Å². The number of methoxy groups -OCH3 is 1. The SMILES string of the molecule is COc1ccc(NC(=O)Nc2nc(CCC(=O)Nc3ccc(Cl)c(Cl)c3)cs2)cc1. The lowest BCUT2D eigenvalue weighted by molar-refractivity contribution is -0.116. The van der Waals surface area contributed by atoms with E-state index in [0.717, 1.165) is 0 Å². The van der Waals surface area contributed by atoms with Crippen molar-refractivity contribution in [2.45, 2.75) is 12.8 Å². The van der Waals surface area contributed by atoms with Crippen molar-refractivity contribution in [1.29, 1.82) is 0 Å². The molecule has 0 radical (unpaired) electrons. The fourth-order valence-electron chi connectivity index (χ4n) is 2.45. The molecule has 2 aromatic carbocycles. The Hall–Kier alpha value is -2.81. The summed E-state index contributed by atoms with van der Waals surface area (Å²) in [5, 5.41) is 11.2. The lowest BCUT2D eigenvalue weighted by Crippen LogP contribution is -2.19. The average Bonchev–Trinajstić information content (AvgIpc) is 3.17. The molecule has 0 aliphatic heterocycles. The van der Waals surface area contributed by atoms with Crippen LogP contribution in [0.1, 0.15) is 12.1 Å². The van der Waals surface area contributed by atoms with Crippen molar-refractivity contribution in [2.75, 3.05) is 23.1 Å². The third-order valence-corrected chi connectivity index (χ3v) is 5.48. The van der Waals surface area contributed by atoms with E-state index >= 15 is 0 Å². The highest BCUT2D eigenvalue weighted by atomic mass is 35.5. The predicted molar refractivity (Wildman–Crippen MR) is 121 cm³/mol. The molecule has 0 fully saturated rings. The number of ether oxygens (including phenoxy) is 1. The maximum absolute atomic E-state index is 12.1. The molecule has 0 spiro atoms. The molecule has 3 amide bonds. The first kappa shape index (κ1) is 21.9. The summed E-state index contributed by atoms with van der Waals surface area (Å²) in [7, 11) is 1.58. The fraction of sp³-hybridized carbons (Fsp3) is 0.150. The van der Waals surface area contributed by atoms with Gasteiger partial charge in [0.15, 0.2) is 5.13 Å². The van der Waals surface area contributed by atoms with Gasteiger partial charge in [0, 0.05) is 23.2 Å². The van der Waals surface area contributed by atoms with Crippen LogP contribution in [0.15, 0.2) is 47.8 Å². The number of nitrogens with zero attached hydrogens (tertiary/aromatic N) is 1. The Morgan fingerprint density at radius 2 is 1.73 bits per heavy atom. The molecule has 3 rings (SSSR count). The van der Waals surface area contributed by atoms with E-state index in [1.54, 1.807) is 55.0 Å². The molecule has 0 saturated carbocycles. The zero-order chi connectivity index (χ0) is 21.5. The van der Waals surface area contributed by atoms with Crippen LogP contribution < -0.4 is 20.7 Å². The second-order valence-corrected chi connectivity index (χ2v) is 7.80. The highest BCUT2D eigenvalue weighted by Gasteiger charge is 2.10. The monoisotopic (exact) mass is 464 g/mol. The highest BCUT2D eigenvalue weighted by Crippen LogP contribution is 2.25. The van der Waals surface area contributed by atoms with Gasteiger partial charge in [-0.2, -0.15) is 0 Å². The molecule has 0 unspecified atom stereocenters. The fourth-order valence-corrected chi connectivity index (χ4v) is 3.49. The number of hydrogen-bond acceptors (Lipinski definition) is 5.